The minimum absolute atomic E-state index is 0.121. The molecule has 3 unspecified atom stereocenters. The Morgan fingerprint density at radius 3 is 2.67 bits per heavy atom. The highest BCUT2D eigenvalue weighted by molar-refractivity contribution is 5.96. The second-order valence-corrected chi connectivity index (χ2v) is 6.56. The molecule has 1 amide bonds. The van der Waals surface area contributed by atoms with E-state index in [1.165, 1.54) is 4.90 Å². The molecule has 1 aromatic rings. The number of carboxylic acids is 1. The first kappa shape index (κ1) is 16.7. The number of carbonyl (C=O) groups is 2. The highest BCUT2D eigenvalue weighted by Gasteiger charge is 2.35. The fourth-order valence-electron chi connectivity index (χ4n) is 3.54. The third-order valence-electron chi connectivity index (χ3n) is 4.55. The largest absolute Gasteiger partial charge is 0.480 e. The van der Waals surface area contributed by atoms with Crippen molar-refractivity contribution in [3.8, 4) is 0 Å². The zero-order valence-corrected chi connectivity index (χ0v) is 14.0. The monoisotopic (exact) mass is 333 g/mol. The van der Waals surface area contributed by atoms with Gasteiger partial charge in [-0.2, -0.15) is 0 Å². The molecule has 7 heteroatoms. The average molecular weight is 333 g/mol. The molecule has 0 radical (unpaired) electrons. The van der Waals surface area contributed by atoms with E-state index in [1.807, 2.05) is 19.9 Å². The van der Waals surface area contributed by atoms with Gasteiger partial charge in [-0.1, -0.05) is 0 Å². The van der Waals surface area contributed by atoms with Crippen LogP contribution in [-0.4, -0.2) is 64.8 Å². The lowest BCUT2D eigenvalue weighted by molar-refractivity contribution is -0.141. The van der Waals surface area contributed by atoms with Gasteiger partial charge in [0, 0.05) is 31.5 Å². The number of carbonyl (C=O) groups excluding carboxylic acids is 1. The van der Waals surface area contributed by atoms with Gasteiger partial charge >= 0.3 is 5.97 Å². The van der Waals surface area contributed by atoms with Gasteiger partial charge in [-0.05, 0) is 38.8 Å². The summed E-state index contributed by atoms with van der Waals surface area (Å²) in [6.45, 7) is 6.02. The van der Waals surface area contributed by atoms with Crippen LogP contribution in [0.3, 0.4) is 0 Å². The van der Waals surface area contributed by atoms with Crippen LogP contribution in [0.1, 0.15) is 37.2 Å². The van der Waals surface area contributed by atoms with Crippen molar-refractivity contribution in [2.24, 2.45) is 0 Å². The van der Waals surface area contributed by atoms with Gasteiger partial charge in [0.2, 0.25) is 0 Å². The number of aromatic nitrogens is 1. The molecule has 2 aliphatic heterocycles. The van der Waals surface area contributed by atoms with Gasteiger partial charge in [0.15, 0.2) is 0 Å². The number of nitrogens with zero attached hydrogens (tertiary/aromatic N) is 3. The second kappa shape index (κ2) is 6.76. The number of anilines is 1. The normalized spacial score (nSPS) is 27.3. The van der Waals surface area contributed by atoms with Gasteiger partial charge < -0.3 is 19.6 Å². The van der Waals surface area contributed by atoms with E-state index < -0.39 is 12.0 Å². The Morgan fingerprint density at radius 1 is 1.29 bits per heavy atom. The van der Waals surface area contributed by atoms with Gasteiger partial charge in [0.1, 0.15) is 11.7 Å². The van der Waals surface area contributed by atoms with Crippen LogP contribution in [0.25, 0.3) is 0 Å². The summed E-state index contributed by atoms with van der Waals surface area (Å²) in [6.07, 6.45) is 3.06. The molecule has 3 heterocycles. The number of carboxylic acid groups (broad SMARTS) is 1. The summed E-state index contributed by atoms with van der Waals surface area (Å²) in [7, 11) is 0. The third kappa shape index (κ3) is 3.36. The first-order chi connectivity index (χ1) is 11.5. The van der Waals surface area contributed by atoms with Crippen LogP contribution < -0.4 is 4.90 Å². The highest BCUT2D eigenvalue weighted by atomic mass is 16.5. The average Bonchev–Trinajstić information content (AvgIpc) is 3.03. The molecule has 2 aliphatic rings. The number of aliphatic carboxylic acids is 1. The smallest absolute Gasteiger partial charge is 0.326 e. The highest BCUT2D eigenvalue weighted by Crippen LogP contribution is 2.23. The lowest BCUT2D eigenvalue weighted by atomic mass is 10.2. The van der Waals surface area contributed by atoms with Crippen molar-refractivity contribution < 1.29 is 19.4 Å². The first-order valence-electron chi connectivity index (χ1n) is 8.36. The zero-order valence-electron chi connectivity index (χ0n) is 14.0. The van der Waals surface area contributed by atoms with Crippen LogP contribution in [0.15, 0.2) is 18.3 Å². The number of hydrogen-bond donors (Lipinski definition) is 1. The van der Waals surface area contributed by atoms with E-state index in [4.69, 9.17) is 4.74 Å². The molecule has 1 aromatic heterocycles. The molecule has 7 nitrogen and oxygen atoms in total. The summed E-state index contributed by atoms with van der Waals surface area (Å²) in [5, 5.41) is 9.26. The summed E-state index contributed by atoms with van der Waals surface area (Å²) in [4.78, 5) is 31.7. The lowest BCUT2D eigenvalue weighted by Crippen LogP contribution is -2.45. The number of pyridine rings is 1. The molecule has 0 spiro atoms. The Balaban J connectivity index is 1.80. The number of likely N-dealkylation sites (tertiary alicyclic amines) is 1. The van der Waals surface area contributed by atoms with Crippen LogP contribution in [0.4, 0.5) is 5.69 Å². The topological polar surface area (TPSA) is 83.0 Å². The van der Waals surface area contributed by atoms with Gasteiger partial charge in [-0.3, -0.25) is 9.78 Å². The molecule has 3 rings (SSSR count). The van der Waals surface area contributed by atoms with Crippen LogP contribution in [0.5, 0.6) is 0 Å². The molecule has 0 aliphatic carbocycles. The minimum Gasteiger partial charge on any atom is -0.480 e. The van der Waals surface area contributed by atoms with E-state index in [9.17, 15) is 14.7 Å². The number of amides is 1. The molecule has 2 saturated heterocycles. The van der Waals surface area contributed by atoms with Crippen LogP contribution in [0, 0.1) is 0 Å². The standard InChI is InChI=1S/C17H23N3O4/c1-11-9-19(10-12(2)24-11)13-5-6-18-14(8-13)16(21)20-7-3-4-15(20)17(22)23/h5-6,8,11-12,15H,3-4,7,9-10H2,1-2H3,(H,22,23). The zero-order chi connectivity index (χ0) is 17.3. The van der Waals surface area contributed by atoms with Gasteiger partial charge in [0.05, 0.1) is 12.2 Å². The Bertz CT molecular complexity index is 626. The lowest BCUT2D eigenvalue weighted by Gasteiger charge is -2.37. The van der Waals surface area contributed by atoms with E-state index in [1.54, 1.807) is 12.3 Å². The van der Waals surface area contributed by atoms with Crippen molar-refractivity contribution in [1.82, 2.24) is 9.88 Å². The van der Waals surface area contributed by atoms with Crippen molar-refractivity contribution in [1.29, 1.82) is 0 Å². The first-order valence-corrected chi connectivity index (χ1v) is 8.36. The van der Waals surface area contributed by atoms with E-state index >= 15 is 0 Å². The van der Waals surface area contributed by atoms with E-state index in [0.717, 1.165) is 18.8 Å². The number of morpholine rings is 1. The Hall–Kier alpha value is -2.15. The Morgan fingerprint density at radius 2 is 2.00 bits per heavy atom. The maximum Gasteiger partial charge on any atom is 0.326 e. The summed E-state index contributed by atoms with van der Waals surface area (Å²) in [5.74, 6) is -1.26. The molecule has 3 atom stereocenters. The minimum atomic E-state index is -0.951. The Labute approximate surface area is 141 Å². The van der Waals surface area contributed by atoms with E-state index in [0.29, 0.717) is 25.1 Å². The van der Waals surface area contributed by atoms with Crippen molar-refractivity contribution >= 4 is 17.6 Å². The second-order valence-electron chi connectivity index (χ2n) is 6.56. The summed E-state index contributed by atoms with van der Waals surface area (Å²) in [6, 6.07) is 2.89. The quantitative estimate of drug-likeness (QED) is 0.900. The Kier molecular flexibility index (Phi) is 4.71. The van der Waals surface area contributed by atoms with E-state index in [-0.39, 0.29) is 18.1 Å². The maximum absolute atomic E-state index is 12.7. The third-order valence-corrected chi connectivity index (χ3v) is 4.55. The van der Waals surface area contributed by atoms with Crippen molar-refractivity contribution in [3.63, 3.8) is 0 Å². The number of hydrogen-bond acceptors (Lipinski definition) is 5. The van der Waals surface area contributed by atoms with Gasteiger partial charge in [0.25, 0.3) is 5.91 Å². The van der Waals surface area contributed by atoms with Crippen molar-refractivity contribution in [2.45, 2.75) is 44.9 Å². The molecule has 130 valence electrons. The maximum atomic E-state index is 12.7. The molecule has 0 aromatic carbocycles. The molecular formula is C17H23N3O4. The van der Waals surface area contributed by atoms with Crippen molar-refractivity contribution in [3.05, 3.63) is 24.0 Å². The summed E-state index contributed by atoms with van der Waals surface area (Å²) >= 11 is 0. The molecule has 24 heavy (non-hydrogen) atoms. The van der Waals surface area contributed by atoms with Crippen LogP contribution >= 0.6 is 0 Å². The molecular weight excluding hydrogens is 310 g/mol. The van der Waals surface area contributed by atoms with Crippen LogP contribution in [0.2, 0.25) is 0 Å². The predicted octanol–water partition coefficient (Wildman–Crippen LogP) is 1.38. The SMILES string of the molecule is CC1CN(c2ccnc(C(=O)N3CCCC3C(=O)O)c2)CC(C)O1. The fraction of sp³-hybridized carbons (Fsp3) is 0.588. The number of rotatable bonds is 3. The summed E-state index contributed by atoms with van der Waals surface area (Å²) < 4.78 is 5.74. The van der Waals surface area contributed by atoms with Gasteiger partial charge in [-0.25, -0.2) is 4.79 Å². The molecule has 1 N–H and O–H groups in total. The predicted molar refractivity (Wildman–Crippen MR) is 88.2 cm³/mol. The summed E-state index contributed by atoms with van der Waals surface area (Å²) in [5.41, 5.74) is 1.22. The van der Waals surface area contributed by atoms with E-state index in [2.05, 4.69) is 9.88 Å². The fourth-order valence-corrected chi connectivity index (χ4v) is 3.54. The van der Waals surface area contributed by atoms with Crippen molar-refractivity contribution in [2.75, 3.05) is 24.5 Å². The van der Waals surface area contributed by atoms with Crippen LogP contribution in [-0.2, 0) is 9.53 Å². The molecule has 0 saturated carbocycles. The molecule has 0 bridgehead atoms. The molecule has 2 fully saturated rings. The van der Waals surface area contributed by atoms with Gasteiger partial charge in [-0.15, -0.1) is 0 Å². The number of ether oxygens (including phenoxy) is 1.